The summed E-state index contributed by atoms with van der Waals surface area (Å²) in [5.41, 5.74) is 7.75. The van der Waals surface area contributed by atoms with Crippen molar-refractivity contribution in [1.29, 1.82) is 0 Å². The number of nitrogens with zero attached hydrogens (tertiary/aromatic N) is 3. The summed E-state index contributed by atoms with van der Waals surface area (Å²) in [5.74, 6) is -0.420. The van der Waals surface area contributed by atoms with Gasteiger partial charge in [0, 0.05) is 18.4 Å². The summed E-state index contributed by atoms with van der Waals surface area (Å²) < 4.78 is 0. The molecule has 0 amide bonds. The molecular weight excluding hydrogens is 394 g/mol. The number of nitrogens with two attached hydrogens (primary N) is 1. The topological polar surface area (TPSA) is 134 Å². The lowest BCUT2D eigenvalue weighted by atomic mass is 9.96. The molecule has 0 unspecified atom stereocenters. The van der Waals surface area contributed by atoms with Gasteiger partial charge in [0.25, 0.3) is 0 Å². The number of carboxylic acids is 1. The number of nitrogen functional groups attached to an aromatic ring is 1. The lowest BCUT2D eigenvalue weighted by Gasteiger charge is -2.22. The maximum atomic E-state index is 11.0. The minimum absolute atomic E-state index is 0.0492. The molecule has 0 aliphatic heterocycles. The molecule has 0 atom stereocenters. The number of pyridine rings is 1. The van der Waals surface area contributed by atoms with E-state index >= 15 is 0 Å². The Hall–Kier alpha value is -3.42. The number of aryl methyl sites for hydroxylation is 2. The number of carbonyl (C=O) groups is 1. The number of hydrogen-bond donors (Lipinski definition) is 4. The van der Waals surface area contributed by atoms with Crippen LogP contribution >= 0.6 is 0 Å². The molecule has 31 heavy (non-hydrogen) atoms. The van der Waals surface area contributed by atoms with Crippen LogP contribution in [0, 0.1) is 6.92 Å². The second-order valence-corrected chi connectivity index (χ2v) is 7.71. The highest BCUT2D eigenvalue weighted by atomic mass is 16.4. The van der Waals surface area contributed by atoms with Gasteiger partial charge in [0.2, 0.25) is 5.95 Å². The van der Waals surface area contributed by atoms with E-state index in [9.17, 15) is 9.90 Å². The largest absolute Gasteiger partial charge is 0.507 e. The van der Waals surface area contributed by atoms with Crippen LogP contribution in [0.25, 0.3) is 10.9 Å². The fraction of sp³-hybridized carbons (Fsp3) is 0.391. The lowest BCUT2D eigenvalue weighted by Crippen LogP contribution is -2.23. The highest BCUT2D eigenvalue weighted by Crippen LogP contribution is 2.32. The first-order valence-corrected chi connectivity index (χ1v) is 10.6. The van der Waals surface area contributed by atoms with Gasteiger partial charge in [0.15, 0.2) is 0 Å². The van der Waals surface area contributed by atoms with Crippen LogP contribution in [0.3, 0.4) is 0 Å². The van der Waals surface area contributed by atoms with Gasteiger partial charge in [0.05, 0.1) is 22.3 Å². The zero-order valence-corrected chi connectivity index (χ0v) is 17.9. The van der Waals surface area contributed by atoms with Crippen molar-refractivity contribution >= 4 is 28.5 Å². The van der Waals surface area contributed by atoms with E-state index in [2.05, 4.69) is 27.2 Å². The first-order valence-electron chi connectivity index (χ1n) is 10.6. The second-order valence-electron chi connectivity index (χ2n) is 7.71. The SMILES string of the molecule is CCc1cnc(NC2CCCCC2)nc1.Cc1nc2cccc(O)c2c(N)c1C(=O)O. The molecule has 1 aromatic carbocycles. The molecule has 0 radical (unpaired) electrons. The maximum absolute atomic E-state index is 11.0. The number of aromatic carboxylic acids is 1. The Labute approximate surface area is 181 Å². The van der Waals surface area contributed by atoms with Crippen LogP contribution < -0.4 is 11.1 Å². The van der Waals surface area contributed by atoms with E-state index in [0.29, 0.717) is 17.3 Å². The van der Waals surface area contributed by atoms with Crippen molar-refractivity contribution in [3.8, 4) is 5.75 Å². The van der Waals surface area contributed by atoms with Crippen LogP contribution in [-0.4, -0.2) is 37.2 Å². The molecule has 1 saturated carbocycles. The van der Waals surface area contributed by atoms with Gasteiger partial charge in [-0.2, -0.15) is 0 Å². The summed E-state index contributed by atoms with van der Waals surface area (Å²) in [6.07, 6.45) is 11.4. The average Bonchev–Trinajstić information content (AvgIpc) is 2.75. The van der Waals surface area contributed by atoms with Gasteiger partial charge in [-0.05, 0) is 43.9 Å². The summed E-state index contributed by atoms with van der Waals surface area (Å²) in [4.78, 5) is 23.7. The number of aromatic nitrogens is 3. The van der Waals surface area contributed by atoms with Gasteiger partial charge in [-0.25, -0.2) is 14.8 Å². The Kier molecular flexibility index (Phi) is 7.23. The number of nitrogens with one attached hydrogen (secondary N) is 1. The highest BCUT2D eigenvalue weighted by molar-refractivity contribution is 6.06. The summed E-state index contributed by atoms with van der Waals surface area (Å²) in [6, 6.07) is 5.33. The first kappa shape index (κ1) is 22.3. The van der Waals surface area contributed by atoms with Crippen molar-refractivity contribution in [2.75, 3.05) is 11.1 Å². The lowest BCUT2D eigenvalue weighted by molar-refractivity contribution is 0.0697. The van der Waals surface area contributed by atoms with E-state index in [0.717, 1.165) is 12.4 Å². The summed E-state index contributed by atoms with van der Waals surface area (Å²) in [6.45, 7) is 3.69. The number of rotatable bonds is 4. The van der Waals surface area contributed by atoms with Crippen molar-refractivity contribution < 1.29 is 15.0 Å². The number of fused-ring (bicyclic) bond motifs is 1. The van der Waals surface area contributed by atoms with Gasteiger partial charge < -0.3 is 21.3 Å². The number of phenols is 1. The molecule has 1 aliphatic rings. The van der Waals surface area contributed by atoms with E-state index in [1.54, 1.807) is 19.1 Å². The summed E-state index contributed by atoms with van der Waals surface area (Å²) in [7, 11) is 0. The molecule has 8 nitrogen and oxygen atoms in total. The van der Waals surface area contributed by atoms with E-state index in [4.69, 9.17) is 10.8 Å². The molecule has 8 heteroatoms. The number of phenolic OH excluding ortho intramolecular Hbond substituents is 1. The molecule has 2 aromatic heterocycles. The Morgan fingerprint density at radius 3 is 2.48 bits per heavy atom. The Balaban J connectivity index is 0.000000176. The smallest absolute Gasteiger partial charge is 0.339 e. The van der Waals surface area contributed by atoms with Crippen LogP contribution in [0.15, 0.2) is 30.6 Å². The van der Waals surface area contributed by atoms with E-state index in [1.807, 2.05) is 12.4 Å². The number of carboxylic acid groups (broad SMARTS) is 1. The minimum atomic E-state index is -1.15. The first-order chi connectivity index (χ1) is 14.9. The van der Waals surface area contributed by atoms with Crippen molar-refractivity contribution in [1.82, 2.24) is 15.0 Å². The van der Waals surface area contributed by atoms with Gasteiger partial charge in [-0.15, -0.1) is 0 Å². The molecule has 0 bridgehead atoms. The summed E-state index contributed by atoms with van der Waals surface area (Å²) >= 11 is 0. The molecule has 164 valence electrons. The van der Waals surface area contributed by atoms with Crippen molar-refractivity contribution in [3.63, 3.8) is 0 Å². The molecule has 2 heterocycles. The van der Waals surface area contributed by atoms with E-state index in [-0.39, 0.29) is 22.4 Å². The van der Waals surface area contributed by atoms with Crippen LogP contribution in [0.5, 0.6) is 5.75 Å². The molecule has 5 N–H and O–H groups in total. The average molecular weight is 424 g/mol. The van der Waals surface area contributed by atoms with Crippen LogP contribution in [0.4, 0.5) is 11.6 Å². The number of aromatic hydroxyl groups is 1. The molecule has 4 rings (SSSR count). The van der Waals surface area contributed by atoms with Gasteiger partial charge in [-0.1, -0.05) is 32.3 Å². The monoisotopic (exact) mass is 423 g/mol. The summed E-state index contributed by atoms with van der Waals surface area (Å²) in [5, 5.41) is 22.3. The molecule has 1 aliphatic carbocycles. The third-order valence-corrected chi connectivity index (χ3v) is 5.47. The van der Waals surface area contributed by atoms with Gasteiger partial charge >= 0.3 is 5.97 Å². The zero-order valence-electron chi connectivity index (χ0n) is 17.9. The van der Waals surface area contributed by atoms with Crippen LogP contribution in [-0.2, 0) is 6.42 Å². The molecular formula is C23H29N5O3. The van der Waals surface area contributed by atoms with Crippen LogP contribution in [0.2, 0.25) is 0 Å². The predicted molar refractivity (Wildman–Crippen MR) is 121 cm³/mol. The fourth-order valence-corrected chi connectivity index (χ4v) is 3.77. The Bertz CT molecular complexity index is 1050. The fourth-order valence-electron chi connectivity index (χ4n) is 3.77. The molecule has 1 fully saturated rings. The second kappa shape index (κ2) is 10.1. The van der Waals surface area contributed by atoms with Crippen molar-refractivity contribution in [3.05, 3.63) is 47.4 Å². The Morgan fingerprint density at radius 1 is 1.19 bits per heavy atom. The third kappa shape index (κ3) is 5.39. The Morgan fingerprint density at radius 2 is 1.87 bits per heavy atom. The van der Waals surface area contributed by atoms with Crippen molar-refractivity contribution in [2.45, 2.75) is 58.4 Å². The highest BCUT2D eigenvalue weighted by Gasteiger charge is 2.18. The number of anilines is 2. The maximum Gasteiger partial charge on any atom is 0.339 e. The van der Waals surface area contributed by atoms with E-state index < -0.39 is 5.97 Å². The molecule has 0 saturated heterocycles. The van der Waals surface area contributed by atoms with Crippen molar-refractivity contribution in [2.24, 2.45) is 0 Å². The van der Waals surface area contributed by atoms with Gasteiger partial charge in [0.1, 0.15) is 11.3 Å². The minimum Gasteiger partial charge on any atom is -0.507 e. The quantitative estimate of drug-likeness (QED) is 0.487. The standard InChI is InChI=1S/C12H19N3.C11H10N2O3/c1-2-10-8-13-12(14-9-10)15-11-6-4-3-5-7-11;1-5-8(11(15)16)10(12)9-6(13-5)3-2-4-7(9)14/h8-9,11H,2-7H2,1H3,(H,13,14,15);2-4,14H,1H3,(H2,12,13)(H,15,16). The zero-order chi connectivity index (χ0) is 22.4. The molecule has 3 aromatic rings. The van der Waals surface area contributed by atoms with Gasteiger partial charge in [-0.3, -0.25) is 4.98 Å². The third-order valence-electron chi connectivity index (χ3n) is 5.47. The number of hydrogen-bond acceptors (Lipinski definition) is 7. The normalized spacial score (nSPS) is 14.0. The molecule has 0 spiro atoms. The predicted octanol–water partition coefficient (Wildman–Crippen LogP) is 4.31. The number of benzene rings is 1. The van der Waals surface area contributed by atoms with Crippen LogP contribution in [0.1, 0.15) is 60.6 Å². The van der Waals surface area contributed by atoms with E-state index in [1.165, 1.54) is 43.7 Å².